The largest absolute Gasteiger partial charge is 0.356 e. The zero-order valence-corrected chi connectivity index (χ0v) is 22.0. The predicted octanol–water partition coefficient (Wildman–Crippen LogP) is 4.68. The quantitative estimate of drug-likeness (QED) is 0.297. The molecule has 7 heteroatoms. The zero-order valence-electron chi connectivity index (χ0n) is 18.8. The number of guanidine groups is 1. The second-order valence-corrected chi connectivity index (χ2v) is 9.27. The van der Waals surface area contributed by atoms with Gasteiger partial charge in [0.2, 0.25) is 0 Å². The number of amides is 1. The lowest BCUT2D eigenvalue weighted by atomic mass is 9.73. The minimum atomic E-state index is 0. The molecule has 1 aliphatic rings. The van der Waals surface area contributed by atoms with Gasteiger partial charge in [0.25, 0.3) is 5.91 Å². The summed E-state index contributed by atoms with van der Waals surface area (Å²) in [4.78, 5) is 19.7. The Labute approximate surface area is 207 Å². The molecule has 1 saturated carbocycles. The third-order valence-electron chi connectivity index (χ3n) is 5.96. The molecule has 1 aromatic heterocycles. The van der Waals surface area contributed by atoms with E-state index in [-0.39, 0.29) is 35.3 Å². The van der Waals surface area contributed by atoms with E-state index in [2.05, 4.69) is 39.2 Å². The first-order valence-corrected chi connectivity index (χ1v) is 11.7. The number of hydrogen-bond donors (Lipinski definition) is 2. The number of carbonyl (C=O) groups is 1. The van der Waals surface area contributed by atoms with Gasteiger partial charge in [0, 0.05) is 50.1 Å². The van der Waals surface area contributed by atoms with Crippen molar-refractivity contribution in [2.75, 3.05) is 34.2 Å². The highest BCUT2D eigenvalue weighted by atomic mass is 127. The maximum atomic E-state index is 12.2. The summed E-state index contributed by atoms with van der Waals surface area (Å²) in [7, 11) is 5.38. The maximum Gasteiger partial charge on any atom is 0.253 e. The Morgan fingerprint density at radius 3 is 2.55 bits per heavy atom. The van der Waals surface area contributed by atoms with Crippen LogP contribution in [-0.4, -0.2) is 51.0 Å². The van der Waals surface area contributed by atoms with Crippen molar-refractivity contribution in [2.45, 2.75) is 43.9 Å². The van der Waals surface area contributed by atoms with Crippen LogP contribution in [0.1, 0.15) is 52.9 Å². The van der Waals surface area contributed by atoms with Crippen LogP contribution in [0.2, 0.25) is 0 Å². The Morgan fingerprint density at radius 1 is 1.13 bits per heavy atom. The highest BCUT2D eigenvalue weighted by Crippen LogP contribution is 2.41. The Kier molecular flexibility index (Phi) is 10.3. The van der Waals surface area contributed by atoms with Crippen molar-refractivity contribution in [2.24, 2.45) is 4.99 Å². The summed E-state index contributed by atoms with van der Waals surface area (Å²) in [6.07, 6.45) is 7.26. The molecular formula is C24H35IN4OS. The Bertz CT molecular complexity index is 845. The summed E-state index contributed by atoms with van der Waals surface area (Å²) in [5, 5.41) is 9.21. The molecule has 1 fully saturated rings. The van der Waals surface area contributed by atoms with Crippen molar-refractivity contribution in [1.82, 2.24) is 15.5 Å². The van der Waals surface area contributed by atoms with Crippen LogP contribution < -0.4 is 10.6 Å². The topological polar surface area (TPSA) is 56.7 Å². The predicted molar refractivity (Wildman–Crippen MR) is 142 cm³/mol. The normalized spacial score (nSPS) is 15.6. The summed E-state index contributed by atoms with van der Waals surface area (Å²) in [5.74, 6) is 0.880. The molecule has 5 nitrogen and oxygen atoms in total. The molecule has 2 aromatic rings. The van der Waals surface area contributed by atoms with E-state index in [1.165, 1.54) is 37.0 Å². The van der Waals surface area contributed by atoms with Crippen LogP contribution in [0.3, 0.4) is 0 Å². The zero-order chi connectivity index (χ0) is 21.4. The number of thiophene rings is 1. The molecule has 1 aliphatic carbocycles. The molecule has 1 heterocycles. The molecule has 0 atom stereocenters. The number of nitrogens with one attached hydrogen (secondary N) is 2. The SMILES string of the molecule is CN=C(NCCc1cccc(C(=O)N(C)C)c1)NCC1(c2cccs2)CCCCC1.I. The second kappa shape index (κ2) is 12.4. The maximum absolute atomic E-state index is 12.2. The fourth-order valence-electron chi connectivity index (χ4n) is 4.24. The van der Waals surface area contributed by atoms with Crippen LogP contribution >= 0.6 is 35.3 Å². The second-order valence-electron chi connectivity index (χ2n) is 8.32. The van der Waals surface area contributed by atoms with Gasteiger partial charge in [0.05, 0.1) is 0 Å². The van der Waals surface area contributed by atoms with E-state index in [1.807, 2.05) is 36.6 Å². The number of benzene rings is 1. The van der Waals surface area contributed by atoms with E-state index < -0.39 is 0 Å². The van der Waals surface area contributed by atoms with Crippen molar-refractivity contribution in [3.05, 3.63) is 57.8 Å². The van der Waals surface area contributed by atoms with Crippen molar-refractivity contribution in [1.29, 1.82) is 0 Å². The molecule has 0 radical (unpaired) electrons. The smallest absolute Gasteiger partial charge is 0.253 e. The van der Waals surface area contributed by atoms with Crippen molar-refractivity contribution in [3.63, 3.8) is 0 Å². The lowest BCUT2D eigenvalue weighted by molar-refractivity contribution is 0.0827. The lowest BCUT2D eigenvalue weighted by Crippen LogP contribution is -2.46. The minimum absolute atomic E-state index is 0. The van der Waals surface area contributed by atoms with Crippen LogP contribution in [0.25, 0.3) is 0 Å². The van der Waals surface area contributed by atoms with E-state index in [1.54, 1.807) is 19.0 Å². The van der Waals surface area contributed by atoms with Gasteiger partial charge in [-0.2, -0.15) is 0 Å². The molecular weight excluding hydrogens is 519 g/mol. The van der Waals surface area contributed by atoms with Crippen LogP contribution in [0, 0.1) is 0 Å². The van der Waals surface area contributed by atoms with Crippen LogP contribution in [0.4, 0.5) is 0 Å². The van der Waals surface area contributed by atoms with Gasteiger partial charge in [-0.05, 0) is 48.4 Å². The molecule has 0 bridgehead atoms. The number of aliphatic imine (C=N–C) groups is 1. The molecule has 0 saturated heterocycles. The van der Waals surface area contributed by atoms with E-state index in [9.17, 15) is 4.79 Å². The van der Waals surface area contributed by atoms with E-state index >= 15 is 0 Å². The summed E-state index contributed by atoms with van der Waals surface area (Å²) >= 11 is 1.88. The average Bonchev–Trinajstić information content (AvgIpc) is 3.32. The van der Waals surface area contributed by atoms with Gasteiger partial charge in [-0.3, -0.25) is 9.79 Å². The Balaban J connectivity index is 0.00000341. The van der Waals surface area contributed by atoms with E-state index in [0.29, 0.717) is 0 Å². The molecule has 0 unspecified atom stereocenters. The summed E-state index contributed by atoms with van der Waals surface area (Å²) in [5.41, 5.74) is 2.11. The van der Waals surface area contributed by atoms with Gasteiger partial charge < -0.3 is 15.5 Å². The summed E-state index contributed by atoms with van der Waals surface area (Å²) < 4.78 is 0. The minimum Gasteiger partial charge on any atom is -0.356 e. The van der Waals surface area contributed by atoms with Gasteiger partial charge in [-0.15, -0.1) is 35.3 Å². The van der Waals surface area contributed by atoms with Crippen LogP contribution in [0.5, 0.6) is 0 Å². The first-order valence-electron chi connectivity index (χ1n) is 10.8. The van der Waals surface area contributed by atoms with Gasteiger partial charge in [-0.1, -0.05) is 37.5 Å². The van der Waals surface area contributed by atoms with E-state index in [4.69, 9.17) is 0 Å². The summed E-state index contributed by atoms with van der Waals surface area (Å²) in [6.45, 7) is 1.69. The molecule has 0 aliphatic heterocycles. The molecule has 3 rings (SSSR count). The molecule has 31 heavy (non-hydrogen) atoms. The van der Waals surface area contributed by atoms with Gasteiger partial charge >= 0.3 is 0 Å². The first-order chi connectivity index (χ1) is 14.5. The highest BCUT2D eigenvalue weighted by molar-refractivity contribution is 14.0. The van der Waals surface area contributed by atoms with Crippen molar-refractivity contribution >= 4 is 47.2 Å². The summed E-state index contributed by atoms with van der Waals surface area (Å²) in [6, 6.07) is 12.3. The molecule has 1 aromatic carbocycles. The standard InChI is InChI=1S/C24H34N4OS.HI/c1-25-23(26-15-12-19-9-7-10-20(17-19)22(29)28(2)3)27-18-24(13-5-4-6-14-24)21-11-8-16-30-21;/h7-11,16-17H,4-6,12-15,18H2,1-3H3,(H2,25,26,27);1H. The Morgan fingerprint density at radius 2 is 1.90 bits per heavy atom. The number of nitrogens with zero attached hydrogens (tertiary/aromatic N) is 2. The molecule has 170 valence electrons. The van der Waals surface area contributed by atoms with Crippen LogP contribution in [-0.2, 0) is 11.8 Å². The Hall–Kier alpha value is -1.61. The molecule has 1 amide bonds. The lowest BCUT2D eigenvalue weighted by Gasteiger charge is -2.37. The first kappa shape index (κ1) is 25.6. The van der Waals surface area contributed by atoms with Crippen molar-refractivity contribution in [3.8, 4) is 0 Å². The fraction of sp³-hybridized carbons (Fsp3) is 0.500. The fourth-order valence-corrected chi connectivity index (χ4v) is 5.22. The van der Waals surface area contributed by atoms with Gasteiger partial charge in [0.15, 0.2) is 5.96 Å². The molecule has 2 N–H and O–H groups in total. The van der Waals surface area contributed by atoms with Crippen LogP contribution in [0.15, 0.2) is 46.8 Å². The number of hydrogen-bond acceptors (Lipinski definition) is 3. The van der Waals surface area contributed by atoms with E-state index in [0.717, 1.165) is 36.6 Å². The van der Waals surface area contributed by atoms with Gasteiger partial charge in [0.1, 0.15) is 0 Å². The average molecular weight is 555 g/mol. The van der Waals surface area contributed by atoms with Gasteiger partial charge in [-0.25, -0.2) is 0 Å². The number of carbonyl (C=O) groups excluding carboxylic acids is 1. The monoisotopic (exact) mass is 554 g/mol. The number of rotatable bonds is 7. The van der Waals surface area contributed by atoms with Crippen molar-refractivity contribution < 1.29 is 4.79 Å². The number of halogens is 1. The molecule has 0 spiro atoms. The third-order valence-corrected chi connectivity index (χ3v) is 7.07. The highest BCUT2D eigenvalue weighted by Gasteiger charge is 2.34. The third kappa shape index (κ3) is 6.94.